The Balaban J connectivity index is 2.59. The van der Waals surface area contributed by atoms with Crippen molar-refractivity contribution in [1.29, 1.82) is 0 Å². The third-order valence-corrected chi connectivity index (χ3v) is 2.76. The average Bonchev–Trinajstić information content (AvgIpc) is 2.70. The summed E-state index contributed by atoms with van der Waals surface area (Å²) in [6.07, 6.45) is 1.48. The van der Waals surface area contributed by atoms with Gasteiger partial charge in [-0.2, -0.15) is 0 Å². The predicted molar refractivity (Wildman–Crippen MR) is 57.3 cm³/mol. The standard InChI is InChI=1S/C9H7Cl2N3O/c10-6-2-1-3-7(9(6)11)14-5-12-13-8(14)4-15/h1-3,5,15H,4H2. The highest BCUT2D eigenvalue weighted by molar-refractivity contribution is 6.43. The summed E-state index contributed by atoms with van der Waals surface area (Å²) in [5.41, 5.74) is 0.651. The van der Waals surface area contributed by atoms with Crippen LogP contribution in [0.15, 0.2) is 24.5 Å². The molecule has 0 unspecified atom stereocenters. The summed E-state index contributed by atoms with van der Waals surface area (Å²) in [5.74, 6) is 0.416. The topological polar surface area (TPSA) is 50.9 Å². The number of benzene rings is 1. The van der Waals surface area contributed by atoms with Crippen LogP contribution < -0.4 is 0 Å². The lowest BCUT2D eigenvalue weighted by atomic mass is 10.3. The molecule has 0 aliphatic heterocycles. The van der Waals surface area contributed by atoms with Crippen molar-refractivity contribution in [3.8, 4) is 5.69 Å². The highest BCUT2D eigenvalue weighted by Gasteiger charge is 2.10. The molecule has 0 amide bonds. The Labute approximate surface area is 96.1 Å². The Kier molecular flexibility index (Phi) is 2.90. The highest BCUT2D eigenvalue weighted by atomic mass is 35.5. The third-order valence-electron chi connectivity index (χ3n) is 1.95. The van der Waals surface area contributed by atoms with E-state index >= 15 is 0 Å². The fourth-order valence-electron chi connectivity index (χ4n) is 1.25. The molecule has 6 heteroatoms. The number of aliphatic hydroxyl groups excluding tert-OH is 1. The molecule has 0 radical (unpaired) electrons. The Morgan fingerprint density at radius 3 is 2.87 bits per heavy atom. The molecule has 0 atom stereocenters. The van der Waals surface area contributed by atoms with Crippen molar-refractivity contribution in [2.45, 2.75) is 6.61 Å². The van der Waals surface area contributed by atoms with E-state index in [4.69, 9.17) is 28.3 Å². The lowest BCUT2D eigenvalue weighted by molar-refractivity contribution is 0.269. The van der Waals surface area contributed by atoms with Gasteiger partial charge in [0.25, 0.3) is 0 Å². The molecule has 0 aliphatic carbocycles. The fraction of sp³-hybridized carbons (Fsp3) is 0.111. The van der Waals surface area contributed by atoms with Crippen molar-refractivity contribution in [3.63, 3.8) is 0 Å². The van der Waals surface area contributed by atoms with Gasteiger partial charge in [-0.15, -0.1) is 10.2 Å². The molecule has 1 heterocycles. The SMILES string of the molecule is OCc1nncn1-c1cccc(Cl)c1Cl. The average molecular weight is 244 g/mol. The molecule has 0 fully saturated rings. The Bertz CT molecular complexity index is 484. The van der Waals surface area contributed by atoms with Crippen molar-refractivity contribution in [1.82, 2.24) is 14.8 Å². The Morgan fingerprint density at radius 2 is 2.13 bits per heavy atom. The lowest BCUT2D eigenvalue weighted by Gasteiger charge is -2.07. The molecule has 0 saturated carbocycles. The zero-order valence-corrected chi connectivity index (χ0v) is 9.07. The second kappa shape index (κ2) is 4.18. The van der Waals surface area contributed by atoms with Gasteiger partial charge >= 0.3 is 0 Å². The van der Waals surface area contributed by atoms with Crippen LogP contribution in [0.4, 0.5) is 0 Å². The van der Waals surface area contributed by atoms with Crippen LogP contribution >= 0.6 is 23.2 Å². The molecule has 1 aromatic carbocycles. The first-order valence-corrected chi connectivity index (χ1v) is 4.93. The highest BCUT2D eigenvalue weighted by Crippen LogP contribution is 2.28. The van der Waals surface area contributed by atoms with Gasteiger partial charge in [0.15, 0.2) is 5.82 Å². The fourth-order valence-corrected chi connectivity index (χ4v) is 1.63. The van der Waals surface area contributed by atoms with Gasteiger partial charge in [0.05, 0.1) is 15.7 Å². The van der Waals surface area contributed by atoms with Crippen molar-refractivity contribution in [2.24, 2.45) is 0 Å². The van der Waals surface area contributed by atoms with Crippen LogP contribution in [0, 0.1) is 0 Å². The maximum atomic E-state index is 9.03. The molecule has 0 saturated heterocycles. The van der Waals surface area contributed by atoms with Crippen LogP contribution in [-0.2, 0) is 6.61 Å². The monoisotopic (exact) mass is 243 g/mol. The smallest absolute Gasteiger partial charge is 0.163 e. The molecule has 2 aromatic rings. The normalized spacial score (nSPS) is 10.6. The molecule has 2 rings (SSSR count). The van der Waals surface area contributed by atoms with Gasteiger partial charge in [-0.1, -0.05) is 29.3 Å². The van der Waals surface area contributed by atoms with E-state index in [-0.39, 0.29) is 6.61 Å². The van der Waals surface area contributed by atoms with E-state index in [0.29, 0.717) is 21.6 Å². The first kappa shape index (κ1) is 10.4. The summed E-state index contributed by atoms with van der Waals surface area (Å²) in [4.78, 5) is 0. The third kappa shape index (κ3) is 1.84. The number of aliphatic hydroxyl groups is 1. The van der Waals surface area contributed by atoms with Crippen molar-refractivity contribution in [3.05, 3.63) is 40.4 Å². The van der Waals surface area contributed by atoms with Crippen LogP contribution in [0.3, 0.4) is 0 Å². The summed E-state index contributed by atoms with van der Waals surface area (Å²) in [6.45, 7) is -0.206. The van der Waals surface area contributed by atoms with Crippen molar-refractivity contribution in [2.75, 3.05) is 0 Å². The zero-order chi connectivity index (χ0) is 10.8. The molecule has 0 bridgehead atoms. The van der Waals surface area contributed by atoms with E-state index in [9.17, 15) is 0 Å². The zero-order valence-electron chi connectivity index (χ0n) is 7.56. The first-order chi connectivity index (χ1) is 7.24. The number of aromatic nitrogens is 3. The van der Waals surface area contributed by atoms with E-state index < -0.39 is 0 Å². The Hall–Kier alpha value is -1.10. The predicted octanol–water partition coefficient (Wildman–Crippen LogP) is 2.07. The quantitative estimate of drug-likeness (QED) is 0.879. The minimum atomic E-state index is -0.206. The summed E-state index contributed by atoms with van der Waals surface area (Å²) >= 11 is 11.9. The molecule has 4 nitrogen and oxygen atoms in total. The Morgan fingerprint density at radius 1 is 1.33 bits per heavy atom. The number of halogens is 2. The molecule has 78 valence electrons. The van der Waals surface area contributed by atoms with Gasteiger partial charge in [-0.25, -0.2) is 0 Å². The summed E-state index contributed by atoms with van der Waals surface area (Å²) in [5, 5.41) is 17.3. The van der Waals surface area contributed by atoms with E-state index in [2.05, 4.69) is 10.2 Å². The van der Waals surface area contributed by atoms with E-state index in [0.717, 1.165) is 0 Å². The first-order valence-electron chi connectivity index (χ1n) is 4.18. The minimum Gasteiger partial charge on any atom is -0.388 e. The molecular weight excluding hydrogens is 237 g/mol. The van der Waals surface area contributed by atoms with Gasteiger partial charge < -0.3 is 5.11 Å². The van der Waals surface area contributed by atoms with Gasteiger partial charge in [0, 0.05) is 0 Å². The summed E-state index contributed by atoms with van der Waals surface area (Å²) in [6, 6.07) is 5.23. The largest absolute Gasteiger partial charge is 0.388 e. The second-order valence-corrected chi connectivity index (χ2v) is 3.63. The van der Waals surface area contributed by atoms with E-state index in [1.807, 2.05) is 0 Å². The van der Waals surface area contributed by atoms with Gasteiger partial charge in [0.2, 0.25) is 0 Å². The van der Waals surface area contributed by atoms with Crippen LogP contribution in [0.2, 0.25) is 10.0 Å². The number of rotatable bonds is 2. The van der Waals surface area contributed by atoms with Crippen molar-refractivity contribution < 1.29 is 5.11 Å². The van der Waals surface area contributed by atoms with Crippen LogP contribution in [0.5, 0.6) is 0 Å². The van der Waals surface area contributed by atoms with Gasteiger partial charge in [0.1, 0.15) is 12.9 Å². The number of hydrogen-bond acceptors (Lipinski definition) is 3. The summed E-state index contributed by atoms with van der Waals surface area (Å²) < 4.78 is 1.59. The van der Waals surface area contributed by atoms with E-state index in [1.54, 1.807) is 22.8 Å². The molecule has 15 heavy (non-hydrogen) atoms. The molecule has 0 spiro atoms. The van der Waals surface area contributed by atoms with Crippen LogP contribution in [-0.4, -0.2) is 19.9 Å². The van der Waals surface area contributed by atoms with E-state index in [1.165, 1.54) is 6.33 Å². The maximum Gasteiger partial charge on any atom is 0.163 e. The molecule has 1 N–H and O–H groups in total. The number of hydrogen-bond donors (Lipinski definition) is 1. The van der Waals surface area contributed by atoms with Crippen LogP contribution in [0.25, 0.3) is 5.69 Å². The van der Waals surface area contributed by atoms with Crippen LogP contribution in [0.1, 0.15) is 5.82 Å². The molecular formula is C9H7Cl2N3O. The van der Waals surface area contributed by atoms with Gasteiger partial charge in [-0.05, 0) is 12.1 Å². The second-order valence-electron chi connectivity index (χ2n) is 2.85. The lowest BCUT2D eigenvalue weighted by Crippen LogP contribution is -2.00. The minimum absolute atomic E-state index is 0.206. The summed E-state index contributed by atoms with van der Waals surface area (Å²) in [7, 11) is 0. The maximum absolute atomic E-state index is 9.03. The molecule has 1 aromatic heterocycles. The number of nitrogens with zero attached hydrogens (tertiary/aromatic N) is 3. The van der Waals surface area contributed by atoms with Gasteiger partial charge in [-0.3, -0.25) is 4.57 Å². The van der Waals surface area contributed by atoms with Crippen molar-refractivity contribution >= 4 is 23.2 Å². The molecule has 0 aliphatic rings.